The molecule has 17 heavy (non-hydrogen) atoms. The van der Waals surface area contributed by atoms with Gasteiger partial charge in [-0.3, -0.25) is 0 Å². The lowest BCUT2D eigenvalue weighted by Gasteiger charge is -2.21. The molecule has 0 unspecified atom stereocenters. The van der Waals surface area contributed by atoms with Crippen molar-refractivity contribution in [3.8, 4) is 0 Å². The molecule has 5 nitrogen and oxygen atoms in total. The molecular weight excluding hydrogens is 236 g/mol. The van der Waals surface area contributed by atoms with Crippen LogP contribution in [0.15, 0.2) is 6.20 Å². The number of aryl methyl sites for hydroxylation is 1. The molecule has 92 valence electrons. The zero-order valence-electron chi connectivity index (χ0n) is 9.85. The van der Waals surface area contributed by atoms with E-state index < -0.39 is 0 Å². The molecule has 0 saturated carbocycles. The number of rotatable bonds is 3. The molecule has 1 aliphatic rings. The number of hydrogen-bond acceptors (Lipinski definition) is 5. The van der Waals surface area contributed by atoms with Crippen molar-refractivity contribution in [1.82, 2.24) is 14.6 Å². The van der Waals surface area contributed by atoms with Gasteiger partial charge in [0, 0.05) is 13.2 Å². The predicted molar refractivity (Wildman–Crippen MR) is 67.6 cm³/mol. The molecule has 3 heterocycles. The van der Waals surface area contributed by atoms with Crippen LogP contribution in [0, 0.1) is 12.8 Å². The lowest BCUT2D eigenvalue weighted by molar-refractivity contribution is 0.0595. The van der Waals surface area contributed by atoms with Crippen LogP contribution in [0.3, 0.4) is 0 Å². The monoisotopic (exact) mass is 252 g/mol. The fourth-order valence-electron chi connectivity index (χ4n) is 2.08. The van der Waals surface area contributed by atoms with E-state index in [1.807, 2.05) is 17.6 Å². The minimum absolute atomic E-state index is 0.613. The van der Waals surface area contributed by atoms with Gasteiger partial charge in [-0.05, 0) is 25.7 Å². The van der Waals surface area contributed by atoms with Gasteiger partial charge in [0.1, 0.15) is 0 Å². The first-order valence-corrected chi connectivity index (χ1v) is 6.77. The maximum Gasteiger partial charge on any atom is 0.214 e. The van der Waals surface area contributed by atoms with Gasteiger partial charge in [-0.2, -0.15) is 0 Å². The van der Waals surface area contributed by atoms with E-state index in [1.165, 1.54) is 12.8 Å². The minimum atomic E-state index is 0.613. The number of hydrogen-bond donors (Lipinski definition) is 1. The standard InChI is InChI=1S/C11H16N4OS/c1-8-6-15-11(13-8)17-10(14-15)12-5-9-3-2-4-16-7-9/h6,9H,2-5,7H2,1H3,(H,12,14)/t9-/m1/s1. The number of aromatic nitrogens is 3. The number of fused-ring (bicyclic) bond motifs is 1. The van der Waals surface area contributed by atoms with Crippen molar-refractivity contribution < 1.29 is 4.74 Å². The molecule has 2 aromatic heterocycles. The third kappa shape index (κ3) is 2.42. The molecule has 0 radical (unpaired) electrons. The molecule has 0 bridgehead atoms. The van der Waals surface area contributed by atoms with Gasteiger partial charge in [0.2, 0.25) is 10.1 Å². The number of ether oxygens (including phenoxy) is 1. The van der Waals surface area contributed by atoms with Crippen molar-refractivity contribution in [2.45, 2.75) is 19.8 Å². The average molecular weight is 252 g/mol. The second-order valence-corrected chi connectivity index (χ2v) is 5.44. The minimum Gasteiger partial charge on any atom is -0.381 e. The number of imidazole rings is 1. The van der Waals surface area contributed by atoms with Crippen molar-refractivity contribution in [2.24, 2.45) is 5.92 Å². The molecule has 1 atom stereocenters. The van der Waals surface area contributed by atoms with Crippen molar-refractivity contribution in [3.63, 3.8) is 0 Å². The Morgan fingerprint density at radius 1 is 1.65 bits per heavy atom. The molecule has 1 N–H and O–H groups in total. The lowest BCUT2D eigenvalue weighted by atomic mass is 10.0. The molecule has 3 rings (SSSR count). The van der Waals surface area contributed by atoms with E-state index in [1.54, 1.807) is 11.3 Å². The van der Waals surface area contributed by atoms with E-state index in [4.69, 9.17) is 4.74 Å². The average Bonchev–Trinajstić information content (AvgIpc) is 2.84. The number of anilines is 1. The van der Waals surface area contributed by atoms with Crippen LogP contribution in [-0.4, -0.2) is 34.4 Å². The summed E-state index contributed by atoms with van der Waals surface area (Å²) in [7, 11) is 0. The Bertz CT molecular complexity index is 469. The van der Waals surface area contributed by atoms with Crippen LogP contribution in [-0.2, 0) is 4.74 Å². The fraction of sp³-hybridized carbons (Fsp3) is 0.636. The van der Waals surface area contributed by atoms with E-state index >= 15 is 0 Å². The first kappa shape index (κ1) is 11.0. The first-order chi connectivity index (χ1) is 8.31. The Morgan fingerprint density at radius 3 is 3.35 bits per heavy atom. The molecule has 6 heteroatoms. The molecule has 0 spiro atoms. The molecule has 1 fully saturated rings. The second kappa shape index (κ2) is 4.62. The Hall–Kier alpha value is -1.14. The van der Waals surface area contributed by atoms with Gasteiger partial charge in [0.05, 0.1) is 18.5 Å². The summed E-state index contributed by atoms with van der Waals surface area (Å²) in [6.45, 7) is 4.71. The molecule has 1 saturated heterocycles. The Kier molecular flexibility index (Phi) is 2.98. The highest BCUT2D eigenvalue weighted by Crippen LogP contribution is 2.20. The van der Waals surface area contributed by atoms with Gasteiger partial charge in [-0.25, -0.2) is 9.50 Å². The maximum atomic E-state index is 5.46. The largest absolute Gasteiger partial charge is 0.381 e. The van der Waals surface area contributed by atoms with Gasteiger partial charge >= 0.3 is 0 Å². The van der Waals surface area contributed by atoms with Crippen LogP contribution in [0.2, 0.25) is 0 Å². The van der Waals surface area contributed by atoms with Gasteiger partial charge in [-0.15, -0.1) is 5.10 Å². The molecular formula is C11H16N4OS. The predicted octanol–water partition coefficient (Wildman–Crippen LogP) is 1.94. The molecule has 2 aromatic rings. The SMILES string of the molecule is Cc1cn2nc(NC[C@H]3CCCOC3)sc2n1. The summed E-state index contributed by atoms with van der Waals surface area (Å²) in [4.78, 5) is 5.33. The second-order valence-electron chi connectivity index (χ2n) is 4.48. The smallest absolute Gasteiger partial charge is 0.214 e. The van der Waals surface area contributed by atoms with Gasteiger partial charge in [-0.1, -0.05) is 11.3 Å². The Balaban J connectivity index is 1.62. The summed E-state index contributed by atoms with van der Waals surface area (Å²) < 4.78 is 7.29. The van der Waals surface area contributed by atoms with E-state index in [0.29, 0.717) is 5.92 Å². The molecule has 0 aromatic carbocycles. The summed E-state index contributed by atoms with van der Waals surface area (Å²) >= 11 is 1.60. The zero-order valence-corrected chi connectivity index (χ0v) is 10.7. The van der Waals surface area contributed by atoms with Crippen molar-refractivity contribution in [3.05, 3.63) is 11.9 Å². The van der Waals surface area contributed by atoms with Crippen molar-refractivity contribution >= 4 is 21.4 Å². The lowest BCUT2D eigenvalue weighted by Crippen LogP contribution is -2.24. The summed E-state index contributed by atoms with van der Waals surface area (Å²) in [5.41, 5.74) is 1.01. The van der Waals surface area contributed by atoms with E-state index in [0.717, 1.165) is 35.5 Å². The maximum absolute atomic E-state index is 5.46. The van der Waals surface area contributed by atoms with Gasteiger partial charge in [0.25, 0.3) is 0 Å². The van der Waals surface area contributed by atoms with Gasteiger partial charge < -0.3 is 10.1 Å². The van der Waals surface area contributed by atoms with E-state index in [-0.39, 0.29) is 0 Å². The van der Waals surface area contributed by atoms with Crippen molar-refractivity contribution in [2.75, 3.05) is 25.1 Å². The topological polar surface area (TPSA) is 51.5 Å². The highest BCUT2D eigenvalue weighted by atomic mass is 32.1. The van der Waals surface area contributed by atoms with Crippen LogP contribution in [0.4, 0.5) is 5.13 Å². The highest BCUT2D eigenvalue weighted by molar-refractivity contribution is 7.20. The Morgan fingerprint density at radius 2 is 2.59 bits per heavy atom. The third-order valence-electron chi connectivity index (χ3n) is 2.96. The van der Waals surface area contributed by atoms with Crippen LogP contribution < -0.4 is 5.32 Å². The van der Waals surface area contributed by atoms with Crippen LogP contribution >= 0.6 is 11.3 Å². The Labute approximate surface area is 104 Å². The molecule has 0 amide bonds. The number of nitrogens with zero attached hydrogens (tertiary/aromatic N) is 3. The quantitative estimate of drug-likeness (QED) is 0.907. The normalized spacial score (nSPS) is 20.9. The van der Waals surface area contributed by atoms with Crippen molar-refractivity contribution in [1.29, 1.82) is 0 Å². The summed E-state index contributed by atoms with van der Waals surface area (Å²) in [5.74, 6) is 0.613. The summed E-state index contributed by atoms with van der Waals surface area (Å²) in [6, 6.07) is 0. The first-order valence-electron chi connectivity index (χ1n) is 5.96. The summed E-state index contributed by atoms with van der Waals surface area (Å²) in [5, 5.41) is 8.76. The van der Waals surface area contributed by atoms with E-state index in [2.05, 4.69) is 15.4 Å². The zero-order chi connectivity index (χ0) is 11.7. The highest BCUT2D eigenvalue weighted by Gasteiger charge is 2.14. The van der Waals surface area contributed by atoms with Gasteiger partial charge in [0.15, 0.2) is 0 Å². The third-order valence-corrected chi connectivity index (χ3v) is 3.84. The fourth-order valence-corrected chi connectivity index (χ4v) is 2.91. The van der Waals surface area contributed by atoms with E-state index in [9.17, 15) is 0 Å². The molecule has 0 aliphatic carbocycles. The summed E-state index contributed by atoms with van der Waals surface area (Å²) in [6.07, 6.45) is 4.36. The van der Waals surface area contributed by atoms with Crippen LogP contribution in [0.5, 0.6) is 0 Å². The van der Waals surface area contributed by atoms with Crippen LogP contribution in [0.25, 0.3) is 4.96 Å². The van der Waals surface area contributed by atoms with Crippen LogP contribution in [0.1, 0.15) is 18.5 Å². The number of nitrogens with one attached hydrogen (secondary N) is 1. The molecule has 1 aliphatic heterocycles.